The van der Waals surface area contributed by atoms with E-state index in [1.165, 1.54) is 0 Å². The zero-order valence-corrected chi connectivity index (χ0v) is 7.41. The number of fused-ring (bicyclic) bond motifs is 1. The van der Waals surface area contributed by atoms with E-state index in [4.69, 9.17) is 14.6 Å². The number of benzene rings is 1. The third kappa shape index (κ3) is 1.75. The lowest BCUT2D eigenvalue weighted by Crippen LogP contribution is -2.03. The Hall–Kier alpha value is -1.22. The molecular weight excluding hydrogens is 168 g/mol. The number of aliphatic hydroxyl groups is 1. The van der Waals surface area contributed by atoms with Crippen molar-refractivity contribution >= 4 is 0 Å². The molecule has 0 bridgehead atoms. The molecule has 1 aliphatic heterocycles. The first-order valence-corrected chi connectivity index (χ1v) is 4.24. The first kappa shape index (κ1) is 8.38. The van der Waals surface area contributed by atoms with E-state index in [0.717, 1.165) is 17.1 Å². The molecule has 3 nitrogen and oxygen atoms in total. The number of rotatable bonds is 2. The predicted molar refractivity (Wildman–Crippen MR) is 46.8 cm³/mol. The zero-order valence-electron chi connectivity index (χ0n) is 7.41. The van der Waals surface area contributed by atoms with Crippen LogP contribution in [0.1, 0.15) is 12.5 Å². The smallest absolute Gasteiger partial charge is 0.231 e. The van der Waals surface area contributed by atoms with Gasteiger partial charge in [-0.05, 0) is 37.1 Å². The van der Waals surface area contributed by atoms with Gasteiger partial charge in [-0.3, -0.25) is 0 Å². The molecule has 0 aliphatic carbocycles. The third-order valence-electron chi connectivity index (χ3n) is 1.88. The van der Waals surface area contributed by atoms with Gasteiger partial charge in [0.2, 0.25) is 6.79 Å². The van der Waals surface area contributed by atoms with Crippen molar-refractivity contribution in [3.8, 4) is 11.5 Å². The molecule has 0 aromatic heterocycles. The van der Waals surface area contributed by atoms with Crippen LogP contribution in [0.4, 0.5) is 0 Å². The highest BCUT2D eigenvalue weighted by atomic mass is 16.7. The van der Waals surface area contributed by atoms with E-state index in [1.54, 1.807) is 13.0 Å². The Balaban J connectivity index is 2.21. The van der Waals surface area contributed by atoms with Crippen molar-refractivity contribution in [2.75, 3.05) is 6.79 Å². The third-order valence-corrected chi connectivity index (χ3v) is 1.88. The highest BCUT2D eigenvalue weighted by molar-refractivity contribution is 5.43. The standard InChI is InChI=1S/C10H11O3/c1-7(11)4-8-2-3-9-10(5-8)13-6-12-9/h3,5,7,11H,4,6H2,1H3. The van der Waals surface area contributed by atoms with Gasteiger partial charge in [-0.1, -0.05) is 0 Å². The summed E-state index contributed by atoms with van der Waals surface area (Å²) in [4.78, 5) is 0. The van der Waals surface area contributed by atoms with E-state index in [0.29, 0.717) is 6.42 Å². The minimum atomic E-state index is -0.350. The van der Waals surface area contributed by atoms with Crippen LogP contribution in [-0.4, -0.2) is 18.0 Å². The molecule has 0 saturated heterocycles. The fraction of sp³-hybridized carbons (Fsp3) is 0.400. The van der Waals surface area contributed by atoms with Gasteiger partial charge in [0.1, 0.15) is 0 Å². The Morgan fingerprint density at radius 3 is 3.08 bits per heavy atom. The summed E-state index contributed by atoms with van der Waals surface area (Å²) in [6, 6.07) is 6.64. The second-order valence-electron chi connectivity index (χ2n) is 3.15. The molecule has 0 amide bonds. The summed E-state index contributed by atoms with van der Waals surface area (Å²) in [5.74, 6) is 1.48. The van der Waals surface area contributed by atoms with Gasteiger partial charge < -0.3 is 14.6 Å². The van der Waals surface area contributed by atoms with E-state index < -0.39 is 0 Å². The average molecular weight is 179 g/mol. The molecule has 1 heterocycles. The Labute approximate surface area is 76.9 Å². The van der Waals surface area contributed by atoms with Gasteiger partial charge in [-0.15, -0.1) is 0 Å². The Morgan fingerprint density at radius 1 is 1.54 bits per heavy atom. The molecule has 0 saturated carbocycles. The summed E-state index contributed by atoms with van der Waals surface area (Å²) in [5, 5.41) is 9.16. The van der Waals surface area contributed by atoms with Crippen LogP contribution in [0.15, 0.2) is 12.1 Å². The van der Waals surface area contributed by atoms with Crippen LogP contribution in [0, 0.1) is 6.07 Å². The molecule has 3 heteroatoms. The highest BCUT2D eigenvalue weighted by Crippen LogP contribution is 2.32. The average Bonchev–Trinajstić information content (AvgIpc) is 2.49. The fourth-order valence-corrected chi connectivity index (χ4v) is 1.32. The second-order valence-corrected chi connectivity index (χ2v) is 3.15. The maximum absolute atomic E-state index is 9.16. The quantitative estimate of drug-likeness (QED) is 0.739. The van der Waals surface area contributed by atoms with E-state index in [1.807, 2.05) is 6.07 Å². The van der Waals surface area contributed by atoms with Crippen molar-refractivity contribution in [3.05, 3.63) is 23.8 Å². The Morgan fingerprint density at radius 2 is 2.31 bits per heavy atom. The number of hydrogen-bond donors (Lipinski definition) is 1. The van der Waals surface area contributed by atoms with Crippen molar-refractivity contribution in [3.63, 3.8) is 0 Å². The SMILES string of the molecule is CC(O)Cc1[c]cc2c(c1)OCO2. The summed E-state index contributed by atoms with van der Waals surface area (Å²) in [6.45, 7) is 2.03. The number of hydrogen-bond acceptors (Lipinski definition) is 3. The van der Waals surface area contributed by atoms with Gasteiger partial charge in [0, 0.05) is 0 Å². The molecule has 13 heavy (non-hydrogen) atoms. The maximum Gasteiger partial charge on any atom is 0.231 e. The van der Waals surface area contributed by atoms with Crippen LogP contribution in [0.25, 0.3) is 0 Å². The molecule has 0 spiro atoms. The summed E-state index contributed by atoms with van der Waals surface area (Å²) in [5.41, 5.74) is 0.944. The van der Waals surface area contributed by atoms with Gasteiger partial charge >= 0.3 is 0 Å². The van der Waals surface area contributed by atoms with Crippen molar-refractivity contribution in [1.82, 2.24) is 0 Å². The highest BCUT2D eigenvalue weighted by Gasteiger charge is 2.13. The summed E-state index contributed by atoms with van der Waals surface area (Å²) in [6.07, 6.45) is 0.244. The predicted octanol–water partition coefficient (Wildman–Crippen LogP) is 1.14. The molecule has 1 unspecified atom stereocenters. The van der Waals surface area contributed by atoms with Crippen molar-refractivity contribution < 1.29 is 14.6 Å². The molecule has 0 fully saturated rings. The van der Waals surface area contributed by atoms with Gasteiger partial charge in [0.15, 0.2) is 11.5 Å². The van der Waals surface area contributed by atoms with Gasteiger partial charge in [-0.25, -0.2) is 0 Å². The first-order valence-electron chi connectivity index (χ1n) is 4.24. The van der Waals surface area contributed by atoms with Crippen molar-refractivity contribution in [2.24, 2.45) is 0 Å². The lowest BCUT2D eigenvalue weighted by Gasteiger charge is -2.04. The molecule has 1 atom stereocenters. The molecule has 1 aromatic rings. The van der Waals surface area contributed by atoms with Gasteiger partial charge in [0.25, 0.3) is 0 Å². The monoisotopic (exact) mass is 179 g/mol. The van der Waals surface area contributed by atoms with Gasteiger partial charge in [-0.2, -0.15) is 0 Å². The lowest BCUT2D eigenvalue weighted by atomic mass is 10.1. The summed E-state index contributed by atoms with van der Waals surface area (Å²) in [7, 11) is 0. The normalized spacial score (nSPS) is 15.8. The second kappa shape index (κ2) is 3.26. The largest absolute Gasteiger partial charge is 0.454 e. The Bertz CT molecular complexity index is 307. The fourth-order valence-electron chi connectivity index (χ4n) is 1.32. The maximum atomic E-state index is 9.16. The van der Waals surface area contributed by atoms with Crippen LogP contribution in [0.3, 0.4) is 0 Å². The minimum Gasteiger partial charge on any atom is -0.454 e. The topological polar surface area (TPSA) is 38.7 Å². The molecule has 2 rings (SSSR count). The van der Waals surface area contributed by atoms with Crippen LogP contribution < -0.4 is 9.47 Å². The summed E-state index contributed by atoms with van der Waals surface area (Å²) < 4.78 is 10.3. The first-order chi connectivity index (χ1) is 6.25. The van der Waals surface area contributed by atoms with E-state index in [-0.39, 0.29) is 12.9 Å². The zero-order chi connectivity index (χ0) is 9.26. The minimum absolute atomic E-state index is 0.279. The Kier molecular flexibility index (Phi) is 2.10. The van der Waals surface area contributed by atoms with Gasteiger partial charge in [0.05, 0.1) is 6.10 Å². The molecule has 1 radical (unpaired) electrons. The molecular formula is C10H11O3. The van der Waals surface area contributed by atoms with Crippen molar-refractivity contribution in [1.29, 1.82) is 0 Å². The van der Waals surface area contributed by atoms with E-state index >= 15 is 0 Å². The molecule has 69 valence electrons. The van der Waals surface area contributed by atoms with E-state index in [2.05, 4.69) is 6.07 Å². The van der Waals surface area contributed by atoms with Crippen LogP contribution in [0.2, 0.25) is 0 Å². The van der Waals surface area contributed by atoms with Crippen LogP contribution >= 0.6 is 0 Å². The van der Waals surface area contributed by atoms with E-state index in [9.17, 15) is 0 Å². The molecule has 1 aromatic carbocycles. The summed E-state index contributed by atoms with van der Waals surface area (Å²) >= 11 is 0. The molecule has 1 aliphatic rings. The number of aliphatic hydroxyl groups excluding tert-OH is 1. The lowest BCUT2D eigenvalue weighted by molar-refractivity contribution is 0.174. The van der Waals surface area contributed by atoms with Crippen LogP contribution in [0.5, 0.6) is 11.5 Å². The molecule has 1 N–H and O–H groups in total. The van der Waals surface area contributed by atoms with Crippen LogP contribution in [-0.2, 0) is 6.42 Å². The van der Waals surface area contributed by atoms with Crippen molar-refractivity contribution in [2.45, 2.75) is 19.4 Å². The number of ether oxygens (including phenoxy) is 2.